The zero-order valence-electron chi connectivity index (χ0n) is 12.3. The molecule has 1 aliphatic rings. The van der Waals surface area contributed by atoms with Crippen LogP contribution in [-0.2, 0) is 16.1 Å². The van der Waals surface area contributed by atoms with Crippen LogP contribution in [0.25, 0.3) is 0 Å². The molecule has 0 unspecified atom stereocenters. The maximum Gasteiger partial charge on any atom is 0.320 e. The molecular formula is C16H24N2O2. The topological polar surface area (TPSA) is 32.8 Å². The third kappa shape index (κ3) is 4.94. The van der Waals surface area contributed by atoms with Crippen LogP contribution in [0.2, 0.25) is 0 Å². The number of benzene rings is 1. The monoisotopic (exact) mass is 276 g/mol. The first-order chi connectivity index (χ1) is 9.78. The molecule has 2 rings (SSSR count). The predicted octanol–water partition coefficient (Wildman–Crippen LogP) is 2.10. The second-order valence-electron chi connectivity index (χ2n) is 5.24. The SMILES string of the molecule is CCOC(=O)CN(Cc1ccccc1)CN1CCCC1. The lowest BCUT2D eigenvalue weighted by Crippen LogP contribution is -2.39. The van der Waals surface area contributed by atoms with Gasteiger partial charge < -0.3 is 4.74 Å². The van der Waals surface area contributed by atoms with E-state index in [0.29, 0.717) is 13.2 Å². The Morgan fingerprint density at radius 1 is 1.25 bits per heavy atom. The number of esters is 1. The Balaban J connectivity index is 1.93. The summed E-state index contributed by atoms with van der Waals surface area (Å²) in [5.41, 5.74) is 1.23. The summed E-state index contributed by atoms with van der Waals surface area (Å²) >= 11 is 0. The van der Waals surface area contributed by atoms with Crippen molar-refractivity contribution in [2.24, 2.45) is 0 Å². The summed E-state index contributed by atoms with van der Waals surface area (Å²) in [6.07, 6.45) is 2.52. The Labute approximate surface area is 121 Å². The van der Waals surface area contributed by atoms with Gasteiger partial charge in [-0.25, -0.2) is 0 Å². The van der Waals surface area contributed by atoms with E-state index in [1.54, 1.807) is 0 Å². The van der Waals surface area contributed by atoms with E-state index in [2.05, 4.69) is 21.9 Å². The van der Waals surface area contributed by atoms with Gasteiger partial charge in [0.15, 0.2) is 0 Å². The van der Waals surface area contributed by atoms with Gasteiger partial charge in [0.25, 0.3) is 0 Å². The van der Waals surface area contributed by atoms with Gasteiger partial charge in [0.05, 0.1) is 19.8 Å². The molecule has 1 aliphatic heterocycles. The summed E-state index contributed by atoms with van der Waals surface area (Å²) in [5, 5.41) is 0. The normalized spacial score (nSPS) is 15.7. The number of carbonyl (C=O) groups is 1. The van der Waals surface area contributed by atoms with Crippen molar-refractivity contribution in [3.8, 4) is 0 Å². The molecule has 1 aromatic rings. The minimum atomic E-state index is -0.136. The van der Waals surface area contributed by atoms with Crippen LogP contribution in [0, 0.1) is 0 Å². The number of hydrogen-bond acceptors (Lipinski definition) is 4. The standard InChI is InChI=1S/C16H24N2O2/c1-2-20-16(19)13-18(14-17-10-6-7-11-17)12-15-8-4-3-5-9-15/h3-5,8-9H,2,6-7,10-14H2,1H3. The summed E-state index contributed by atoms with van der Waals surface area (Å²) in [4.78, 5) is 16.3. The molecule has 0 aliphatic carbocycles. The Bertz CT molecular complexity index is 402. The Morgan fingerprint density at radius 2 is 1.95 bits per heavy atom. The van der Waals surface area contributed by atoms with Crippen LogP contribution in [0.4, 0.5) is 0 Å². The third-order valence-electron chi connectivity index (χ3n) is 3.51. The van der Waals surface area contributed by atoms with Crippen LogP contribution in [-0.4, -0.2) is 48.7 Å². The average molecular weight is 276 g/mol. The van der Waals surface area contributed by atoms with Crippen LogP contribution >= 0.6 is 0 Å². The van der Waals surface area contributed by atoms with E-state index in [1.807, 2.05) is 25.1 Å². The van der Waals surface area contributed by atoms with Crippen molar-refractivity contribution in [2.75, 3.05) is 32.9 Å². The van der Waals surface area contributed by atoms with E-state index < -0.39 is 0 Å². The van der Waals surface area contributed by atoms with Gasteiger partial charge >= 0.3 is 5.97 Å². The number of likely N-dealkylation sites (tertiary alicyclic amines) is 1. The Morgan fingerprint density at radius 3 is 2.60 bits per heavy atom. The van der Waals surface area contributed by atoms with Gasteiger partial charge in [-0.05, 0) is 38.4 Å². The Kier molecular flexibility index (Phi) is 6.02. The smallest absolute Gasteiger partial charge is 0.320 e. The maximum atomic E-state index is 11.7. The molecule has 20 heavy (non-hydrogen) atoms. The molecule has 1 saturated heterocycles. The molecule has 0 amide bonds. The van der Waals surface area contributed by atoms with E-state index in [-0.39, 0.29) is 5.97 Å². The summed E-state index contributed by atoms with van der Waals surface area (Å²) in [7, 11) is 0. The predicted molar refractivity (Wildman–Crippen MR) is 79.2 cm³/mol. The van der Waals surface area contributed by atoms with Gasteiger partial charge in [-0.3, -0.25) is 14.6 Å². The van der Waals surface area contributed by atoms with Crippen LogP contribution < -0.4 is 0 Å². The number of ether oxygens (including phenoxy) is 1. The van der Waals surface area contributed by atoms with Gasteiger partial charge in [0.2, 0.25) is 0 Å². The molecule has 4 nitrogen and oxygen atoms in total. The molecule has 1 heterocycles. The molecule has 1 aromatic carbocycles. The van der Waals surface area contributed by atoms with Crippen molar-refractivity contribution >= 4 is 5.97 Å². The van der Waals surface area contributed by atoms with E-state index in [1.165, 1.54) is 18.4 Å². The average Bonchev–Trinajstić information content (AvgIpc) is 2.93. The lowest BCUT2D eigenvalue weighted by Gasteiger charge is -2.26. The first kappa shape index (κ1) is 15.0. The zero-order chi connectivity index (χ0) is 14.2. The maximum absolute atomic E-state index is 11.7. The molecule has 1 fully saturated rings. The Hall–Kier alpha value is -1.39. The quantitative estimate of drug-likeness (QED) is 0.714. The number of hydrogen-bond donors (Lipinski definition) is 0. The van der Waals surface area contributed by atoms with Crippen molar-refractivity contribution in [2.45, 2.75) is 26.3 Å². The van der Waals surface area contributed by atoms with Crippen molar-refractivity contribution in [1.29, 1.82) is 0 Å². The highest BCUT2D eigenvalue weighted by Gasteiger charge is 2.18. The molecule has 110 valence electrons. The minimum absolute atomic E-state index is 0.136. The highest BCUT2D eigenvalue weighted by molar-refractivity contribution is 5.71. The van der Waals surface area contributed by atoms with Gasteiger partial charge in [-0.2, -0.15) is 0 Å². The van der Waals surface area contributed by atoms with Crippen molar-refractivity contribution in [1.82, 2.24) is 9.80 Å². The van der Waals surface area contributed by atoms with Gasteiger partial charge in [0.1, 0.15) is 0 Å². The van der Waals surface area contributed by atoms with Crippen molar-refractivity contribution in [3.63, 3.8) is 0 Å². The molecule has 0 saturated carbocycles. The van der Waals surface area contributed by atoms with Crippen LogP contribution in [0.15, 0.2) is 30.3 Å². The van der Waals surface area contributed by atoms with Crippen LogP contribution in [0.3, 0.4) is 0 Å². The summed E-state index contributed by atoms with van der Waals surface area (Å²) < 4.78 is 5.08. The summed E-state index contributed by atoms with van der Waals surface area (Å²) in [6, 6.07) is 10.3. The molecule has 0 spiro atoms. The van der Waals surface area contributed by atoms with Gasteiger partial charge in [0, 0.05) is 6.54 Å². The lowest BCUT2D eigenvalue weighted by molar-refractivity contribution is -0.145. The molecule has 0 aromatic heterocycles. The largest absolute Gasteiger partial charge is 0.465 e. The number of rotatable bonds is 7. The molecule has 0 radical (unpaired) electrons. The fourth-order valence-corrected chi connectivity index (χ4v) is 2.59. The summed E-state index contributed by atoms with van der Waals surface area (Å²) in [5.74, 6) is -0.136. The van der Waals surface area contributed by atoms with E-state index in [0.717, 1.165) is 26.3 Å². The third-order valence-corrected chi connectivity index (χ3v) is 3.51. The molecule has 0 bridgehead atoms. The molecule has 0 atom stereocenters. The number of carbonyl (C=O) groups excluding carboxylic acids is 1. The molecule has 0 N–H and O–H groups in total. The lowest BCUT2D eigenvalue weighted by atomic mass is 10.2. The van der Waals surface area contributed by atoms with Crippen LogP contribution in [0.1, 0.15) is 25.3 Å². The summed E-state index contributed by atoms with van der Waals surface area (Å²) in [6.45, 7) is 6.55. The first-order valence-electron chi connectivity index (χ1n) is 7.42. The fourth-order valence-electron chi connectivity index (χ4n) is 2.59. The van der Waals surface area contributed by atoms with Gasteiger partial charge in [-0.1, -0.05) is 30.3 Å². The highest BCUT2D eigenvalue weighted by Crippen LogP contribution is 2.11. The first-order valence-corrected chi connectivity index (χ1v) is 7.42. The molecular weight excluding hydrogens is 252 g/mol. The second kappa shape index (κ2) is 8.02. The van der Waals surface area contributed by atoms with E-state index >= 15 is 0 Å². The second-order valence-corrected chi connectivity index (χ2v) is 5.24. The van der Waals surface area contributed by atoms with Crippen LogP contribution in [0.5, 0.6) is 0 Å². The van der Waals surface area contributed by atoms with Crippen molar-refractivity contribution < 1.29 is 9.53 Å². The van der Waals surface area contributed by atoms with E-state index in [4.69, 9.17) is 4.74 Å². The fraction of sp³-hybridized carbons (Fsp3) is 0.562. The zero-order valence-corrected chi connectivity index (χ0v) is 12.3. The van der Waals surface area contributed by atoms with Gasteiger partial charge in [-0.15, -0.1) is 0 Å². The minimum Gasteiger partial charge on any atom is -0.465 e. The van der Waals surface area contributed by atoms with E-state index in [9.17, 15) is 4.79 Å². The highest BCUT2D eigenvalue weighted by atomic mass is 16.5. The number of nitrogens with zero attached hydrogens (tertiary/aromatic N) is 2. The van der Waals surface area contributed by atoms with Crippen molar-refractivity contribution in [3.05, 3.63) is 35.9 Å². The molecule has 4 heteroatoms.